The van der Waals surface area contributed by atoms with E-state index in [0.29, 0.717) is 16.4 Å². The second-order valence-electron chi connectivity index (χ2n) is 6.20. The SMILES string of the molecule is Cc1cnnn1-c1ccc(NC(=O)c2nnn(-c3cccc(Cl)c3)c2C)cc1. The van der Waals surface area contributed by atoms with Crippen molar-refractivity contribution in [3.63, 3.8) is 0 Å². The molecule has 0 bridgehead atoms. The number of rotatable bonds is 4. The number of aromatic nitrogens is 6. The molecule has 0 atom stereocenters. The number of benzene rings is 2. The van der Waals surface area contributed by atoms with Crippen molar-refractivity contribution in [2.24, 2.45) is 0 Å². The first-order chi connectivity index (χ1) is 13.5. The topological polar surface area (TPSA) is 90.5 Å². The van der Waals surface area contributed by atoms with Crippen LogP contribution in [0, 0.1) is 13.8 Å². The van der Waals surface area contributed by atoms with Gasteiger partial charge in [0.05, 0.1) is 29.0 Å². The number of hydrogen-bond acceptors (Lipinski definition) is 5. The van der Waals surface area contributed by atoms with Gasteiger partial charge >= 0.3 is 0 Å². The van der Waals surface area contributed by atoms with E-state index in [1.54, 1.807) is 46.7 Å². The third kappa shape index (κ3) is 3.37. The lowest BCUT2D eigenvalue weighted by atomic mass is 10.2. The molecule has 0 saturated heterocycles. The van der Waals surface area contributed by atoms with E-state index >= 15 is 0 Å². The predicted molar refractivity (Wildman–Crippen MR) is 105 cm³/mol. The molecule has 0 aliphatic rings. The van der Waals surface area contributed by atoms with E-state index < -0.39 is 0 Å². The van der Waals surface area contributed by atoms with Crippen LogP contribution in [0.4, 0.5) is 5.69 Å². The first-order valence-corrected chi connectivity index (χ1v) is 8.88. The van der Waals surface area contributed by atoms with Crippen molar-refractivity contribution in [3.8, 4) is 11.4 Å². The van der Waals surface area contributed by atoms with Gasteiger partial charge in [-0.25, -0.2) is 9.36 Å². The number of hydrogen-bond donors (Lipinski definition) is 1. The summed E-state index contributed by atoms with van der Waals surface area (Å²) in [5.74, 6) is -0.338. The summed E-state index contributed by atoms with van der Waals surface area (Å²) in [6.45, 7) is 3.70. The van der Waals surface area contributed by atoms with Crippen LogP contribution in [0.2, 0.25) is 5.02 Å². The minimum absolute atomic E-state index is 0.246. The number of nitrogens with one attached hydrogen (secondary N) is 1. The highest BCUT2D eigenvalue weighted by Crippen LogP contribution is 2.18. The molecular weight excluding hydrogens is 378 g/mol. The van der Waals surface area contributed by atoms with E-state index in [9.17, 15) is 4.79 Å². The summed E-state index contributed by atoms with van der Waals surface area (Å²) in [5, 5.41) is 19.4. The summed E-state index contributed by atoms with van der Waals surface area (Å²) in [5.41, 5.74) is 4.03. The third-order valence-corrected chi connectivity index (χ3v) is 4.49. The zero-order valence-electron chi connectivity index (χ0n) is 15.2. The standard InChI is InChI=1S/C19H16ClN7O/c1-12-11-21-24-26(12)16-8-6-15(7-9-16)22-19(28)18-13(2)27(25-23-18)17-5-3-4-14(20)10-17/h3-11H,1-2H3,(H,22,28). The molecule has 2 aromatic heterocycles. The fourth-order valence-corrected chi connectivity index (χ4v) is 2.99. The molecule has 28 heavy (non-hydrogen) atoms. The van der Waals surface area contributed by atoms with E-state index in [1.165, 1.54) is 0 Å². The predicted octanol–water partition coefficient (Wildman–Crippen LogP) is 3.37. The maximum atomic E-state index is 12.6. The van der Waals surface area contributed by atoms with Crippen molar-refractivity contribution in [2.45, 2.75) is 13.8 Å². The van der Waals surface area contributed by atoms with E-state index in [-0.39, 0.29) is 11.6 Å². The second kappa shape index (κ2) is 7.24. The number of anilines is 1. The molecule has 0 aliphatic carbocycles. The van der Waals surface area contributed by atoms with Crippen molar-refractivity contribution in [2.75, 3.05) is 5.32 Å². The number of amides is 1. The Labute approximate surface area is 165 Å². The number of nitrogens with zero attached hydrogens (tertiary/aromatic N) is 6. The summed E-state index contributed by atoms with van der Waals surface area (Å²) >= 11 is 6.03. The molecule has 8 nitrogen and oxygen atoms in total. The minimum atomic E-state index is -0.338. The molecule has 0 saturated carbocycles. The van der Waals surface area contributed by atoms with Gasteiger partial charge in [-0.3, -0.25) is 4.79 Å². The molecule has 140 valence electrons. The van der Waals surface area contributed by atoms with E-state index in [0.717, 1.165) is 17.1 Å². The Hall–Kier alpha value is -3.52. The molecule has 4 aromatic rings. The molecule has 0 unspecified atom stereocenters. The lowest BCUT2D eigenvalue weighted by molar-refractivity contribution is 0.102. The Bertz CT molecular complexity index is 1150. The van der Waals surface area contributed by atoms with E-state index in [4.69, 9.17) is 11.6 Å². The molecule has 0 fully saturated rings. The first kappa shape index (κ1) is 17.9. The van der Waals surface area contributed by atoms with Gasteiger partial charge in [0, 0.05) is 10.7 Å². The van der Waals surface area contributed by atoms with Gasteiger partial charge in [-0.05, 0) is 56.3 Å². The van der Waals surface area contributed by atoms with Crippen molar-refractivity contribution in [1.29, 1.82) is 0 Å². The maximum Gasteiger partial charge on any atom is 0.278 e. The normalized spacial score (nSPS) is 10.8. The molecule has 4 rings (SSSR count). The largest absolute Gasteiger partial charge is 0.321 e. The summed E-state index contributed by atoms with van der Waals surface area (Å²) in [6.07, 6.45) is 1.68. The number of carbonyl (C=O) groups is 1. The van der Waals surface area contributed by atoms with Crippen LogP contribution in [0.25, 0.3) is 11.4 Å². The molecule has 2 heterocycles. The third-order valence-electron chi connectivity index (χ3n) is 4.25. The number of aryl methyl sites for hydroxylation is 1. The van der Waals surface area contributed by atoms with Crippen LogP contribution in [0.5, 0.6) is 0 Å². The monoisotopic (exact) mass is 393 g/mol. The highest BCUT2D eigenvalue weighted by Gasteiger charge is 2.17. The summed E-state index contributed by atoms with van der Waals surface area (Å²) in [4.78, 5) is 12.6. The molecule has 1 N–H and O–H groups in total. The lowest BCUT2D eigenvalue weighted by Crippen LogP contribution is -2.14. The molecule has 2 aromatic carbocycles. The van der Waals surface area contributed by atoms with Crippen LogP contribution in [0.15, 0.2) is 54.7 Å². The van der Waals surface area contributed by atoms with Crippen molar-refractivity contribution < 1.29 is 4.79 Å². The number of carbonyl (C=O) groups excluding carboxylic acids is 1. The van der Waals surface area contributed by atoms with Crippen LogP contribution in [0.3, 0.4) is 0 Å². The van der Waals surface area contributed by atoms with Crippen molar-refractivity contribution in [3.05, 3.63) is 76.8 Å². The fourth-order valence-electron chi connectivity index (χ4n) is 2.81. The Kier molecular flexibility index (Phi) is 4.62. The molecule has 0 radical (unpaired) electrons. The van der Waals surface area contributed by atoms with Gasteiger partial charge in [-0.2, -0.15) is 0 Å². The molecular formula is C19H16ClN7O. The van der Waals surface area contributed by atoms with Crippen molar-refractivity contribution >= 4 is 23.2 Å². The van der Waals surface area contributed by atoms with Gasteiger partial charge in [-0.1, -0.05) is 28.1 Å². The highest BCUT2D eigenvalue weighted by atomic mass is 35.5. The van der Waals surface area contributed by atoms with Gasteiger partial charge in [0.2, 0.25) is 0 Å². The fraction of sp³-hybridized carbons (Fsp3) is 0.105. The summed E-state index contributed by atoms with van der Waals surface area (Å²) in [7, 11) is 0. The zero-order valence-corrected chi connectivity index (χ0v) is 15.9. The Morgan fingerprint density at radius 3 is 2.46 bits per heavy atom. The average Bonchev–Trinajstić information content (AvgIpc) is 3.28. The van der Waals surface area contributed by atoms with Gasteiger partial charge < -0.3 is 5.32 Å². The molecule has 0 spiro atoms. The summed E-state index contributed by atoms with van der Waals surface area (Å²) < 4.78 is 3.30. The zero-order chi connectivity index (χ0) is 19.7. The van der Waals surface area contributed by atoms with Gasteiger partial charge in [0.15, 0.2) is 5.69 Å². The van der Waals surface area contributed by atoms with Gasteiger partial charge in [-0.15, -0.1) is 10.2 Å². The Morgan fingerprint density at radius 1 is 1.00 bits per heavy atom. The molecule has 9 heteroatoms. The van der Waals surface area contributed by atoms with E-state index in [1.807, 2.05) is 31.2 Å². The molecule has 0 aliphatic heterocycles. The smallest absolute Gasteiger partial charge is 0.278 e. The lowest BCUT2D eigenvalue weighted by Gasteiger charge is -2.07. The van der Waals surface area contributed by atoms with Crippen LogP contribution < -0.4 is 5.32 Å². The number of halogens is 1. The Morgan fingerprint density at radius 2 is 1.79 bits per heavy atom. The minimum Gasteiger partial charge on any atom is -0.321 e. The molecule has 1 amide bonds. The second-order valence-corrected chi connectivity index (χ2v) is 6.64. The van der Waals surface area contributed by atoms with Gasteiger partial charge in [0.1, 0.15) is 0 Å². The van der Waals surface area contributed by atoms with Crippen LogP contribution >= 0.6 is 11.6 Å². The maximum absolute atomic E-state index is 12.6. The van der Waals surface area contributed by atoms with E-state index in [2.05, 4.69) is 25.9 Å². The average molecular weight is 394 g/mol. The summed E-state index contributed by atoms with van der Waals surface area (Å²) in [6, 6.07) is 14.5. The quantitative estimate of drug-likeness (QED) is 0.574. The van der Waals surface area contributed by atoms with Crippen LogP contribution in [-0.2, 0) is 0 Å². The Balaban J connectivity index is 1.54. The highest BCUT2D eigenvalue weighted by molar-refractivity contribution is 6.30. The van der Waals surface area contributed by atoms with Crippen LogP contribution in [0.1, 0.15) is 21.9 Å². The first-order valence-electron chi connectivity index (χ1n) is 8.50. The van der Waals surface area contributed by atoms with Crippen molar-refractivity contribution in [1.82, 2.24) is 30.0 Å². The van der Waals surface area contributed by atoms with Crippen LogP contribution in [-0.4, -0.2) is 35.9 Å². The van der Waals surface area contributed by atoms with Gasteiger partial charge in [0.25, 0.3) is 5.91 Å².